The van der Waals surface area contributed by atoms with E-state index in [2.05, 4.69) is 17.5 Å². The lowest BCUT2D eigenvalue weighted by Crippen LogP contribution is -2.26. The first-order valence-corrected chi connectivity index (χ1v) is 7.72. The van der Waals surface area contributed by atoms with Crippen molar-refractivity contribution < 1.29 is 14.5 Å². The van der Waals surface area contributed by atoms with Crippen molar-refractivity contribution in [2.24, 2.45) is 5.92 Å². The zero-order chi connectivity index (χ0) is 16.2. The Morgan fingerprint density at radius 2 is 2.00 bits per heavy atom. The first-order chi connectivity index (χ1) is 11.1. The van der Waals surface area contributed by atoms with Crippen LogP contribution in [0.5, 0.6) is 0 Å². The number of non-ortho nitro benzene ring substituents is 1. The van der Waals surface area contributed by atoms with Crippen LogP contribution < -0.4 is 5.32 Å². The van der Waals surface area contributed by atoms with Gasteiger partial charge < -0.3 is 4.74 Å². The highest BCUT2D eigenvalue weighted by Gasteiger charge is 2.25. The van der Waals surface area contributed by atoms with Crippen LogP contribution in [0.15, 0.2) is 48.1 Å². The number of nitrogens with zero attached hydrogens (tertiary/aromatic N) is 1. The van der Waals surface area contributed by atoms with Gasteiger partial charge in [0, 0.05) is 17.8 Å². The van der Waals surface area contributed by atoms with Gasteiger partial charge in [-0.3, -0.25) is 15.4 Å². The number of fused-ring (bicyclic) bond motifs is 1. The number of allylic oxidation sites excluding steroid dienone is 3. The van der Waals surface area contributed by atoms with Crippen LogP contribution in [0.25, 0.3) is 0 Å². The largest absolute Gasteiger partial charge is 0.442 e. The minimum atomic E-state index is -0.543. The molecule has 1 aromatic rings. The van der Waals surface area contributed by atoms with Gasteiger partial charge in [-0.05, 0) is 55.4 Å². The number of benzene rings is 1. The third kappa shape index (κ3) is 3.77. The highest BCUT2D eigenvalue weighted by molar-refractivity contribution is 5.84. The quantitative estimate of drug-likeness (QED) is 0.669. The van der Waals surface area contributed by atoms with Crippen LogP contribution in [0.2, 0.25) is 0 Å². The lowest BCUT2D eigenvalue weighted by atomic mass is 9.80. The third-order valence-corrected chi connectivity index (χ3v) is 4.22. The van der Waals surface area contributed by atoms with E-state index in [0.29, 0.717) is 11.6 Å². The molecule has 6 heteroatoms. The molecule has 2 aliphatic rings. The van der Waals surface area contributed by atoms with Crippen molar-refractivity contribution in [1.29, 1.82) is 0 Å². The smallest absolute Gasteiger partial charge is 0.412 e. The Morgan fingerprint density at radius 3 is 2.74 bits per heavy atom. The van der Waals surface area contributed by atoms with Crippen LogP contribution in [-0.4, -0.2) is 17.1 Å². The van der Waals surface area contributed by atoms with Crippen molar-refractivity contribution in [3.63, 3.8) is 0 Å². The van der Waals surface area contributed by atoms with Crippen LogP contribution in [0.1, 0.15) is 25.7 Å². The van der Waals surface area contributed by atoms with Gasteiger partial charge in [-0.1, -0.05) is 12.2 Å². The van der Waals surface area contributed by atoms with Gasteiger partial charge in [-0.15, -0.1) is 0 Å². The van der Waals surface area contributed by atoms with E-state index in [-0.39, 0.29) is 11.8 Å². The lowest BCUT2D eigenvalue weighted by molar-refractivity contribution is -0.384. The summed E-state index contributed by atoms with van der Waals surface area (Å²) >= 11 is 0. The first kappa shape index (κ1) is 15.3. The summed E-state index contributed by atoms with van der Waals surface area (Å²) in [4.78, 5) is 22.1. The van der Waals surface area contributed by atoms with Gasteiger partial charge in [0.05, 0.1) is 4.92 Å². The highest BCUT2D eigenvalue weighted by atomic mass is 16.6. The predicted octanol–water partition coefficient (Wildman–Crippen LogP) is 4.20. The van der Waals surface area contributed by atoms with Crippen LogP contribution in [0.4, 0.5) is 16.2 Å². The summed E-state index contributed by atoms with van der Waals surface area (Å²) in [5.41, 5.74) is 1.71. The van der Waals surface area contributed by atoms with Crippen LogP contribution in [0.3, 0.4) is 0 Å². The van der Waals surface area contributed by atoms with E-state index in [0.717, 1.165) is 19.3 Å². The summed E-state index contributed by atoms with van der Waals surface area (Å²) in [6.45, 7) is 0. The number of carbonyl (C=O) groups is 1. The Morgan fingerprint density at radius 1 is 1.22 bits per heavy atom. The van der Waals surface area contributed by atoms with E-state index in [1.807, 2.05) is 6.08 Å². The topological polar surface area (TPSA) is 81.5 Å². The Balaban J connectivity index is 1.58. The van der Waals surface area contributed by atoms with Crippen molar-refractivity contribution in [1.82, 2.24) is 0 Å². The Bertz CT molecular complexity index is 664. The molecule has 0 bridgehead atoms. The molecule has 0 spiro atoms. The number of anilines is 1. The van der Waals surface area contributed by atoms with Gasteiger partial charge in [-0.25, -0.2) is 4.79 Å². The van der Waals surface area contributed by atoms with E-state index in [1.165, 1.54) is 36.3 Å². The fourth-order valence-corrected chi connectivity index (χ4v) is 3.03. The first-order valence-electron chi connectivity index (χ1n) is 7.72. The maximum absolute atomic E-state index is 11.9. The summed E-state index contributed by atoms with van der Waals surface area (Å²) in [6.07, 6.45) is 9.69. The standard InChI is InChI=1S/C17H18N2O4/c20-17(18-14-6-8-15(9-7-14)19(21)22)23-16-10-5-12-3-1-2-4-13(12)11-16/h2,4,6-9,11-12,16H,1,3,5,10H2,(H,18,20). The Hall–Kier alpha value is -2.63. The third-order valence-electron chi connectivity index (χ3n) is 4.22. The van der Waals surface area contributed by atoms with Crippen molar-refractivity contribution in [3.8, 4) is 0 Å². The van der Waals surface area contributed by atoms with Crippen molar-refractivity contribution in [2.45, 2.75) is 31.8 Å². The van der Waals surface area contributed by atoms with E-state index >= 15 is 0 Å². The second-order valence-electron chi connectivity index (χ2n) is 5.79. The van der Waals surface area contributed by atoms with Gasteiger partial charge in [0.25, 0.3) is 5.69 Å². The van der Waals surface area contributed by atoms with Crippen molar-refractivity contribution in [3.05, 3.63) is 58.2 Å². The fraction of sp³-hybridized carbons (Fsp3) is 0.353. The molecule has 0 heterocycles. The molecule has 0 aliphatic heterocycles. The average Bonchev–Trinajstić information content (AvgIpc) is 2.55. The number of ether oxygens (including phenoxy) is 1. The Kier molecular flexibility index (Phi) is 4.41. The molecular weight excluding hydrogens is 296 g/mol. The second kappa shape index (κ2) is 6.64. The molecule has 120 valence electrons. The number of nitro benzene ring substituents is 1. The van der Waals surface area contributed by atoms with Gasteiger partial charge in [0.1, 0.15) is 6.10 Å². The van der Waals surface area contributed by atoms with Gasteiger partial charge in [-0.2, -0.15) is 0 Å². The number of hydrogen-bond donors (Lipinski definition) is 1. The molecule has 0 saturated heterocycles. The zero-order valence-electron chi connectivity index (χ0n) is 12.6. The minimum Gasteiger partial charge on any atom is -0.442 e. The number of hydrogen-bond acceptors (Lipinski definition) is 4. The number of nitrogens with one attached hydrogen (secondary N) is 1. The molecule has 2 aliphatic carbocycles. The van der Waals surface area contributed by atoms with Gasteiger partial charge >= 0.3 is 6.09 Å². The molecule has 2 unspecified atom stereocenters. The fourth-order valence-electron chi connectivity index (χ4n) is 3.03. The number of carbonyl (C=O) groups excluding carboxylic acids is 1. The summed E-state index contributed by atoms with van der Waals surface area (Å²) in [7, 11) is 0. The normalized spacial score (nSPS) is 22.7. The molecule has 1 aromatic carbocycles. The Labute approximate surface area is 134 Å². The molecule has 1 amide bonds. The van der Waals surface area contributed by atoms with Crippen molar-refractivity contribution >= 4 is 17.5 Å². The summed E-state index contributed by atoms with van der Waals surface area (Å²) < 4.78 is 5.43. The van der Waals surface area contributed by atoms with E-state index in [9.17, 15) is 14.9 Å². The van der Waals surface area contributed by atoms with Crippen LogP contribution >= 0.6 is 0 Å². The molecular formula is C17H18N2O4. The minimum absolute atomic E-state index is 0.0175. The number of amides is 1. The monoisotopic (exact) mass is 314 g/mol. The van der Waals surface area contributed by atoms with Crippen LogP contribution in [-0.2, 0) is 4.74 Å². The molecule has 0 fully saturated rings. The molecule has 0 saturated carbocycles. The van der Waals surface area contributed by atoms with Crippen LogP contribution in [0, 0.1) is 16.0 Å². The SMILES string of the molecule is O=C(Nc1ccc([N+](=O)[O-])cc1)OC1C=C2C=CCCC2CC1. The second-order valence-corrected chi connectivity index (χ2v) is 5.79. The zero-order valence-corrected chi connectivity index (χ0v) is 12.6. The highest BCUT2D eigenvalue weighted by Crippen LogP contribution is 2.33. The summed E-state index contributed by atoms with van der Waals surface area (Å²) in [5, 5.41) is 13.2. The summed E-state index contributed by atoms with van der Waals surface area (Å²) in [6, 6.07) is 5.66. The number of rotatable bonds is 3. The maximum Gasteiger partial charge on any atom is 0.412 e. The molecule has 0 aromatic heterocycles. The molecule has 3 rings (SSSR count). The molecule has 2 atom stereocenters. The van der Waals surface area contributed by atoms with E-state index < -0.39 is 11.0 Å². The maximum atomic E-state index is 11.9. The lowest BCUT2D eigenvalue weighted by Gasteiger charge is -2.29. The van der Waals surface area contributed by atoms with E-state index in [4.69, 9.17) is 4.74 Å². The molecule has 1 N–H and O–H groups in total. The van der Waals surface area contributed by atoms with Gasteiger partial charge in [0.15, 0.2) is 0 Å². The number of nitro groups is 1. The predicted molar refractivity (Wildman–Crippen MR) is 86.2 cm³/mol. The average molecular weight is 314 g/mol. The molecule has 23 heavy (non-hydrogen) atoms. The summed E-state index contributed by atoms with van der Waals surface area (Å²) in [5.74, 6) is 0.595. The molecule has 6 nitrogen and oxygen atoms in total. The van der Waals surface area contributed by atoms with Crippen molar-refractivity contribution in [2.75, 3.05) is 5.32 Å². The van der Waals surface area contributed by atoms with Gasteiger partial charge in [0.2, 0.25) is 0 Å². The van der Waals surface area contributed by atoms with E-state index in [1.54, 1.807) is 0 Å². The molecule has 0 radical (unpaired) electrons.